The van der Waals surface area contributed by atoms with E-state index in [2.05, 4.69) is 36.3 Å². The van der Waals surface area contributed by atoms with Crippen molar-refractivity contribution in [1.82, 2.24) is 15.5 Å². The van der Waals surface area contributed by atoms with Gasteiger partial charge in [-0.2, -0.15) is 5.10 Å². The summed E-state index contributed by atoms with van der Waals surface area (Å²) >= 11 is 0. The number of H-pyrrole nitrogens is 1. The molecule has 4 nitrogen and oxygen atoms in total. The summed E-state index contributed by atoms with van der Waals surface area (Å²) in [4.78, 5) is 12.5. The summed E-state index contributed by atoms with van der Waals surface area (Å²) in [6, 6.07) is 0.282. The fourth-order valence-corrected chi connectivity index (χ4v) is 3.47. The molecule has 1 aliphatic carbocycles. The van der Waals surface area contributed by atoms with Crippen LogP contribution in [0.1, 0.15) is 68.2 Å². The average Bonchev–Trinajstić information content (AvgIpc) is 2.68. The lowest BCUT2D eigenvalue weighted by Gasteiger charge is -2.40. The second-order valence-corrected chi connectivity index (χ2v) is 7.15. The number of nitrogens with one attached hydrogen (secondary N) is 2. The first-order valence-corrected chi connectivity index (χ1v) is 7.63. The molecule has 1 fully saturated rings. The van der Waals surface area contributed by atoms with E-state index in [1.54, 1.807) is 0 Å². The predicted octanol–water partition coefficient (Wildman–Crippen LogP) is 3.36. The van der Waals surface area contributed by atoms with Crippen molar-refractivity contribution in [2.75, 3.05) is 0 Å². The van der Waals surface area contributed by atoms with Crippen molar-refractivity contribution >= 4 is 5.91 Å². The molecule has 2 N–H and O–H groups in total. The molecule has 1 amide bonds. The van der Waals surface area contributed by atoms with Crippen LogP contribution in [0.3, 0.4) is 0 Å². The highest BCUT2D eigenvalue weighted by molar-refractivity contribution is 5.96. The predicted molar refractivity (Wildman–Crippen MR) is 80.7 cm³/mol. The molecule has 1 saturated carbocycles. The number of aromatic amines is 1. The van der Waals surface area contributed by atoms with E-state index in [1.165, 1.54) is 19.3 Å². The van der Waals surface area contributed by atoms with Gasteiger partial charge in [-0.3, -0.25) is 9.89 Å². The van der Waals surface area contributed by atoms with E-state index >= 15 is 0 Å². The third-order valence-corrected chi connectivity index (χ3v) is 4.55. The van der Waals surface area contributed by atoms with Gasteiger partial charge in [0.2, 0.25) is 0 Å². The van der Waals surface area contributed by atoms with E-state index in [-0.39, 0.29) is 17.4 Å². The van der Waals surface area contributed by atoms with Crippen molar-refractivity contribution in [1.29, 1.82) is 0 Å². The molecule has 2 unspecified atom stereocenters. The highest BCUT2D eigenvalue weighted by Crippen LogP contribution is 2.38. The minimum Gasteiger partial charge on any atom is -0.349 e. The van der Waals surface area contributed by atoms with Crippen LogP contribution in [0.25, 0.3) is 0 Å². The maximum atomic E-state index is 12.5. The van der Waals surface area contributed by atoms with Crippen LogP contribution >= 0.6 is 0 Å². The molecule has 112 valence electrons. The number of aryl methyl sites for hydroxylation is 2. The van der Waals surface area contributed by atoms with Gasteiger partial charge in [0.1, 0.15) is 0 Å². The van der Waals surface area contributed by atoms with E-state index in [4.69, 9.17) is 0 Å². The lowest BCUT2D eigenvalue weighted by atomic mass is 9.69. The Kier molecular flexibility index (Phi) is 4.21. The molecule has 0 aliphatic heterocycles. The summed E-state index contributed by atoms with van der Waals surface area (Å²) in [5, 5.41) is 10.3. The van der Waals surface area contributed by atoms with Crippen LogP contribution in [0.5, 0.6) is 0 Å². The monoisotopic (exact) mass is 277 g/mol. The summed E-state index contributed by atoms with van der Waals surface area (Å²) in [6.07, 6.45) is 4.78. The third-order valence-electron chi connectivity index (χ3n) is 4.55. The minimum atomic E-state index is 0.0231. The van der Waals surface area contributed by atoms with Crippen LogP contribution < -0.4 is 5.32 Å². The smallest absolute Gasteiger partial charge is 0.255 e. The summed E-state index contributed by atoms with van der Waals surface area (Å²) in [5.74, 6) is 0.572. The molecule has 0 spiro atoms. The lowest BCUT2D eigenvalue weighted by Crippen LogP contribution is -2.46. The van der Waals surface area contributed by atoms with Gasteiger partial charge in [0.15, 0.2) is 0 Å². The van der Waals surface area contributed by atoms with Gasteiger partial charge in [0.25, 0.3) is 5.91 Å². The summed E-state index contributed by atoms with van der Waals surface area (Å²) < 4.78 is 0. The van der Waals surface area contributed by atoms with E-state index in [9.17, 15) is 4.79 Å². The summed E-state index contributed by atoms with van der Waals surface area (Å²) in [7, 11) is 0. The molecule has 2 atom stereocenters. The van der Waals surface area contributed by atoms with Gasteiger partial charge < -0.3 is 5.32 Å². The van der Waals surface area contributed by atoms with E-state index in [0.717, 1.165) is 17.8 Å². The Bertz CT molecular complexity index is 465. The summed E-state index contributed by atoms with van der Waals surface area (Å²) in [5.41, 5.74) is 2.58. The topological polar surface area (TPSA) is 57.8 Å². The van der Waals surface area contributed by atoms with Crippen LogP contribution in [0, 0.1) is 25.2 Å². The Morgan fingerprint density at radius 2 is 1.90 bits per heavy atom. The molecule has 1 aromatic rings. The molecule has 0 bridgehead atoms. The van der Waals surface area contributed by atoms with Crippen molar-refractivity contribution in [3.05, 3.63) is 17.0 Å². The number of aromatic nitrogens is 2. The highest BCUT2D eigenvalue weighted by Gasteiger charge is 2.35. The largest absolute Gasteiger partial charge is 0.349 e. The first-order valence-electron chi connectivity index (χ1n) is 7.63. The molecule has 1 aromatic heterocycles. The number of hydrogen-bond acceptors (Lipinski definition) is 2. The van der Waals surface area contributed by atoms with E-state index in [0.29, 0.717) is 11.5 Å². The zero-order valence-corrected chi connectivity index (χ0v) is 13.3. The molecule has 2 rings (SSSR count). The summed E-state index contributed by atoms with van der Waals surface area (Å²) in [6.45, 7) is 10.6. The Hall–Kier alpha value is -1.32. The van der Waals surface area contributed by atoms with Crippen molar-refractivity contribution in [2.24, 2.45) is 11.3 Å². The SMILES string of the molecule is Cc1n[nH]c(C)c1C(=O)NC1CCCCC1C(C)(C)C. The normalized spacial score (nSPS) is 23.6. The maximum Gasteiger partial charge on any atom is 0.255 e. The highest BCUT2D eigenvalue weighted by atomic mass is 16.1. The second-order valence-electron chi connectivity index (χ2n) is 7.15. The zero-order valence-electron chi connectivity index (χ0n) is 13.3. The second kappa shape index (κ2) is 5.58. The zero-order chi connectivity index (χ0) is 14.9. The van der Waals surface area contributed by atoms with Gasteiger partial charge in [-0.25, -0.2) is 0 Å². The number of carbonyl (C=O) groups is 1. The van der Waals surface area contributed by atoms with Gasteiger partial charge in [-0.1, -0.05) is 33.6 Å². The molecule has 20 heavy (non-hydrogen) atoms. The molecule has 0 aromatic carbocycles. The van der Waals surface area contributed by atoms with E-state index in [1.807, 2.05) is 13.8 Å². The number of amides is 1. The molecule has 4 heteroatoms. The van der Waals surface area contributed by atoms with Gasteiger partial charge >= 0.3 is 0 Å². The van der Waals surface area contributed by atoms with Crippen molar-refractivity contribution in [3.63, 3.8) is 0 Å². The fourth-order valence-electron chi connectivity index (χ4n) is 3.47. The average molecular weight is 277 g/mol. The standard InChI is InChI=1S/C16H27N3O/c1-10-14(11(2)19-18-10)15(20)17-13-9-7-6-8-12(13)16(3,4)5/h12-13H,6-9H2,1-5H3,(H,17,20)(H,18,19). The molecule has 1 aliphatic rings. The van der Waals surface area contributed by atoms with Gasteiger partial charge in [-0.05, 0) is 38.0 Å². The first-order chi connectivity index (χ1) is 9.30. The fraction of sp³-hybridized carbons (Fsp3) is 0.750. The van der Waals surface area contributed by atoms with Crippen LogP contribution in [0.4, 0.5) is 0 Å². The van der Waals surface area contributed by atoms with Crippen molar-refractivity contribution < 1.29 is 4.79 Å². The number of rotatable bonds is 2. The first kappa shape index (κ1) is 15.1. The van der Waals surface area contributed by atoms with Gasteiger partial charge in [0, 0.05) is 11.7 Å². The number of carbonyl (C=O) groups excluding carboxylic acids is 1. The number of hydrogen-bond donors (Lipinski definition) is 2. The minimum absolute atomic E-state index is 0.0231. The van der Waals surface area contributed by atoms with Gasteiger partial charge in [0.05, 0.1) is 11.3 Å². The Morgan fingerprint density at radius 3 is 2.45 bits per heavy atom. The van der Waals surface area contributed by atoms with Crippen LogP contribution in [-0.2, 0) is 0 Å². The molecular weight excluding hydrogens is 250 g/mol. The molecular formula is C16H27N3O. The Morgan fingerprint density at radius 1 is 1.25 bits per heavy atom. The lowest BCUT2D eigenvalue weighted by molar-refractivity contribution is 0.0829. The van der Waals surface area contributed by atoms with Crippen LogP contribution in [0.2, 0.25) is 0 Å². The Balaban J connectivity index is 2.13. The van der Waals surface area contributed by atoms with E-state index < -0.39 is 0 Å². The maximum absolute atomic E-state index is 12.5. The van der Waals surface area contributed by atoms with Crippen LogP contribution in [-0.4, -0.2) is 22.1 Å². The molecule has 1 heterocycles. The van der Waals surface area contributed by atoms with Crippen molar-refractivity contribution in [2.45, 2.75) is 66.3 Å². The molecule has 0 saturated heterocycles. The Labute approximate surface area is 121 Å². The number of nitrogens with zero attached hydrogens (tertiary/aromatic N) is 1. The van der Waals surface area contributed by atoms with Crippen LogP contribution in [0.15, 0.2) is 0 Å². The van der Waals surface area contributed by atoms with Gasteiger partial charge in [-0.15, -0.1) is 0 Å². The quantitative estimate of drug-likeness (QED) is 0.871. The molecule has 0 radical (unpaired) electrons. The third kappa shape index (κ3) is 3.05. The van der Waals surface area contributed by atoms with Crippen molar-refractivity contribution in [3.8, 4) is 0 Å².